The van der Waals surface area contributed by atoms with Gasteiger partial charge in [0.1, 0.15) is 29.6 Å². The summed E-state index contributed by atoms with van der Waals surface area (Å²) in [5.74, 6) is -10.1. The number of halogens is 8. The van der Waals surface area contributed by atoms with Crippen molar-refractivity contribution in [2.75, 3.05) is 0 Å². The van der Waals surface area contributed by atoms with Gasteiger partial charge in [-0.15, -0.1) is 0 Å². The number of hydrogen-bond donors (Lipinski definition) is 0. The van der Waals surface area contributed by atoms with E-state index in [0.717, 1.165) is 11.6 Å². The fourth-order valence-electron chi connectivity index (χ4n) is 3.26. The van der Waals surface area contributed by atoms with Gasteiger partial charge in [0.15, 0.2) is 17.5 Å². The summed E-state index contributed by atoms with van der Waals surface area (Å²) in [6.07, 6.45) is -5.00. The summed E-state index contributed by atoms with van der Waals surface area (Å²) in [6, 6.07) is 11.3. The summed E-state index contributed by atoms with van der Waals surface area (Å²) >= 11 is 0. The average Bonchev–Trinajstić information content (AvgIpc) is 2.82. The molecule has 0 N–H and O–H groups in total. The van der Waals surface area contributed by atoms with Gasteiger partial charge in [-0.3, -0.25) is 0 Å². The van der Waals surface area contributed by atoms with Gasteiger partial charge in [-0.2, -0.15) is 8.78 Å². The first-order chi connectivity index (χ1) is 17.8. The molecule has 0 radical (unpaired) electrons. The molecule has 0 aromatic heterocycles. The highest BCUT2D eigenvalue weighted by Crippen LogP contribution is 2.33. The number of allylic oxidation sites excluding steroid dienone is 4. The van der Waals surface area contributed by atoms with Crippen molar-refractivity contribution in [3.63, 3.8) is 0 Å². The van der Waals surface area contributed by atoms with Gasteiger partial charge in [-0.05, 0) is 41.8 Å². The molecule has 0 saturated carbocycles. The van der Waals surface area contributed by atoms with Gasteiger partial charge in [-0.1, -0.05) is 62.4 Å². The first-order valence-corrected chi connectivity index (χ1v) is 11.3. The van der Waals surface area contributed by atoms with Crippen LogP contribution in [0, 0.1) is 30.2 Å². The minimum atomic E-state index is -4.34. The molecular formula is C29H24F8O. The summed E-state index contributed by atoms with van der Waals surface area (Å²) in [4.78, 5) is 0. The Morgan fingerprint density at radius 3 is 1.89 bits per heavy atom. The molecule has 0 amide bonds. The van der Waals surface area contributed by atoms with Crippen LogP contribution in [0.1, 0.15) is 31.4 Å². The molecule has 3 aromatic carbocycles. The van der Waals surface area contributed by atoms with Crippen LogP contribution in [0.4, 0.5) is 35.1 Å². The standard InChI is InChI=1S/C27H18F8O.C2H6/c1-15-3-5-17(6-4-15)18-7-8-22(23(30)11-18)19(9-16(2)28)10-20(29)14-27(34,35)36-21-12-24(31)26(33)25(32)13-21;1-2/h3-13H,2,14H2,1H3;1-2H3/b19-9+,20-10+;. The summed E-state index contributed by atoms with van der Waals surface area (Å²) in [6.45, 7) is 8.87. The second-order valence-corrected chi connectivity index (χ2v) is 7.82. The van der Waals surface area contributed by atoms with Crippen LogP contribution in [0.15, 0.2) is 85.0 Å². The Labute approximate surface area is 215 Å². The maximum Gasteiger partial charge on any atom is 0.404 e. The monoisotopic (exact) mass is 540 g/mol. The van der Waals surface area contributed by atoms with Crippen LogP contribution in [0.3, 0.4) is 0 Å². The second-order valence-electron chi connectivity index (χ2n) is 7.82. The van der Waals surface area contributed by atoms with Crippen LogP contribution in [0.25, 0.3) is 16.7 Å². The maximum atomic E-state index is 14.9. The molecule has 0 fully saturated rings. The van der Waals surface area contributed by atoms with Gasteiger partial charge in [0.2, 0.25) is 0 Å². The van der Waals surface area contributed by atoms with Crippen LogP contribution in [0.2, 0.25) is 0 Å². The Bertz CT molecular complexity index is 1320. The Morgan fingerprint density at radius 2 is 1.37 bits per heavy atom. The van der Waals surface area contributed by atoms with Crippen molar-refractivity contribution in [2.24, 2.45) is 0 Å². The van der Waals surface area contributed by atoms with E-state index in [9.17, 15) is 35.1 Å². The molecular weight excluding hydrogens is 516 g/mol. The molecule has 0 spiro atoms. The van der Waals surface area contributed by atoms with Crippen LogP contribution < -0.4 is 4.74 Å². The summed E-state index contributed by atoms with van der Waals surface area (Å²) < 4.78 is 115. The molecule has 202 valence electrons. The van der Waals surface area contributed by atoms with Gasteiger partial charge in [0.25, 0.3) is 0 Å². The normalized spacial score (nSPS) is 12.1. The highest BCUT2D eigenvalue weighted by Gasteiger charge is 2.34. The molecule has 1 nitrogen and oxygen atoms in total. The average molecular weight is 540 g/mol. The van der Waals surface area contributed by atoms with Crippen molar-refractivity contribution < 1.29 is 39.9 Å². The van der Waals surface area contributed by atoms with E-state index >= 15 is 0 Å². The summed E-state index contributed by atoms with van der Waals surface area (Å²) in [5.41, 5.74) is 1.39. The molecule has 3 aromatic rings. The SMILES string of the molecule is C=C(F)/C=C(\C=C(\F)CC(F)(F)Oc1cc(F)c(F)c(F)c1)c1ccc(-c2ccc(C)cc2)cc1F.CC. The highest BCUT2D eigenvalue weighted by molar-refractivity contribution is 5.78. The van der Waals surface area contributed by atoms with Crippen molar-refractivity contribution in [1.29, 1.82) is 0 Å². The quantitative estimate of drug-likeness (QED) is 0.157. The Hall–Kier alpha value is -3.88. The molecule has 0 saturated heterocycles. The largest absolute Gasteiger partial charge is 0.432 e. The first kappa shape index (κ1) is 30.3. The topological polar surface area (TPSA) is 9.23 Å². The fraction of sp³-hybridized carbons (Fsp3) is 0.172. The van der Waals surface area contributed by atoms with Gasteiger partial charge in [-0.25, -0.2) is 26.3 Å². The Balaban J connectivity index is 0.00000247. The molecule has 3 rings (SSSR count). The molecule has 0 heterocycles. The maximum absolute atomic E-state index is 14.9. The van der Waals surface area contributed by atoms with Crippen molar-refractivity contribution in [2.45, 2.75) is 33.3 Å². The fourth-order valence-corrected chi connectivity index (χ4v) is 3.26. The zero-order valence-electron chi connectivity index (χ0n) is 20.7. The molecule has 0 bridgehead atoms. The lowest BCUT2D eigenvalue weighted by atomic mass is 9.98. The van der Waals surface area contributed by atoms with E-state index in [-0.39, 0.29) is 17.7 Å². The number of alkyl halides is 2. The predicted octanol–water partition coefficient (Wildman–Crippen LogP) is 10.0. The van der Waals surface area contributed by atoms with E-state index in [0.29, 0.717) is 23.3 Å². The number of rotatable bonds is 8. The van der Waals surface area contributed by atoms with Crippen molar-refractivity contribution in [3.8, 4) is 16.9 Å². The molecule has 38 heavy (non-hydrogen) atoms. The Morgan fingerprint density at radius 1 is 0.816 bits per heavy atom. The third kappa shape index (κ3) is 8.33. The molecule has 0 aliphatic heterocycles. The minimum Gasteiger partial charge on any atom is -0.432 e. The summed E-state index contributed by atoms with van der Waals surface area (Å²) in [5, 5.41) is 0. The third-order valence-electron chi connectivity index (χ3n) is 4.89. The number of aryl methyl sites for hydroxylation is 1. The zero-order valence-corrected chi connectivity index (χ0v) is 20.7. The zero-order chi connectivity index (χ0) is 28.6. The first-order valence-electron chi connectivity index (χ1n) is 11.3. The van der Waals surface area contributed by atoms with Gasteiger partial charge in [0.05, 0.1) is 0 Å². The van der Waals surface area contributed by atoms with E-state index < -0.39 is 58.8 Å². The third-order valence-corrected chi connectivity index (χ3v) is 4.89. The van der Waals surface area contributed by atoms with E-state index in [1.165, 1.54) is 12.1 Å². The number of ether oxygens (including phenoxy) is 1. The number of benzene rings is 3. The lowest BCUT2D eigenvalue weighted by Crippen LogP contribution is -2.25. The molecule has 0 aliphatic rings. The van der Waals surface area contributed by atoms with Gasteiger partial charge < -0.3 is 4.74 Å². The molecule has 0 unspecified atom stereocenters. The lowest BCUT2D eigenvalue weighted by Gasteiger charge is -2.17. The van der Waals surface area contributed by atoms with Crippen molar-refractivity contribution in [1.82, 2.24) is 0 Å². The molecule has 9 heteroatoms. The van der Waals surface area contributed by atoms with E-state index in [1.807, 2.05) is 32.9 Å². The Kier molecular flexibility index (Phi) is 10.4. The summed E-state index contributed by atoms with van der Waals surface area (Å²) in [7, 11) is 0. The number of hydrogen-bond acceptors (Lipinski definition) is 1. The van der Waals surface area contributed by atoms with E-state index in [2.05, 4.69) is 11.3 Å². The molecule has 0 atom stereocenters. The van der Waals surface area contributed by atoms with Crippen LogP contribution >= 0.6 is 0 Å². The van der Waals surface area contributed by atoms with Crippen LogP contribution in [0.5, 0.6) is 5.75 Å². The van der Waals surface area contributed by atoms with Gasteiger partial charge in [0, 0.05) is 17.7 Å². The van der Waals surface area contributed by atoms with Crippen molar-refractivity contribution >= 4 is 5.57 Å². The second kappa shape index (κ2) is 13.1. The smallest absolute Gasteiger partial charge is 0.404 e. The van der Waals surface area contributed by atoms with Crippen LogP contribution in [-0.4, -0.2) is 6.11 Å². The van der Waals surface area contributed by atoms with Gasteiger partial charge >= 0.3 is 6.11 Å². The van der Waals surface area contributed by atoms with Crippen molar-refractivity contribution in [3.05, 3.63) is 119 Å². The molecule has 0 aliphatic carbocycles. The van der Waals surface area contributed by atoms with Crippen LogP contribution in [-0.2, 0) is 0 Å². The highest BCUT2D eigenvalue weighted by atomic mass is 19.3. The lowest BCUT2D eigenvalue weighted by molar-refractivity contribution is -0.176. The predicted molar refractivity (Wildman–Crippen MR) is 132 cm³/mol. The minimum absolute atomic E-state index is 0.164. The van der Waals surface area contributed by atoms with E-state index in [1.54, 1.807) is 12.1 Å². The van der Waals surface area contributed by atoms with E-state index in [4.69, 9.17) is 0 Å².